The maximum Gasteiger partial charge on any atom is 2.00 e. The smallest absolute Gasteiger partial charge is 0.397 e. The third kappa shape index (κ3) is 6.77. The number of anilines is 2. The maximum atomic E-state index is 5.80. The second-order valence-electron chi connectivity index (χ2n) is 7.10. The van der Waals surface area contributed by atoms with E-state index in [1.807, 2.05) is 12.1 Å². The van der Waals surface area contributed by atoms with Crippen molar-refractivity contribution in [3.8, 4) is 0 Å². The van der Waals surface area contributed by atoms with Crippen LogP contribution in [-0.2, 0) is 23.5 Å². The Balaban J connectivity index is 0.000000320. The molecule has 3 heteroatoms. The summed E-state index contributed by atoms with van der Waals surface area (Å²) in [6, 6.07) is 6.02. The van der Waals surface area contributed by atoms with Crippen molar-refractivity contribution in [1.82, 2.24) is 0 Å². The molecule has 1 unspecified atom stereocenters. The van der Waals surface area contributed by atoms with Gasteiger partial charge >= 0.3 is 17.1 Å². The molecule has 0 radical (unpaired) electrons. The van der Waals surface area contributed by atoms with Crippen molar-refractivity contribution in [3.05, 3.63) is 35.6 Å². The fourth-order valence-corrected chi connectivity index (χ4v) is 3.57. The Morgan fingerprint density at radius 3 is 2.17 bits per heavy atom. The van der Waals surface area contributed by atoms with E-state index in [4.69, 9.17) is 11.5 Å². The SMILES string of the molecule is C[C-]1CCCC1.C[C-]1CCCC1CCc1ccc(N)c(N)c1.[Fe+2]. The van der Waals surface area contributed by atoms with Gasteiger partial charge in [0.15, 0.2) is 0 Å². The molecule has 2 aliphatic carbocycles. The first kappa shape index (κ1) is 20.4. The summed E-state index contributed by atoms with van der Waals surface area (Å²) in [4.78, 5) is 0. The van der Waals surface area contributed by atoms with Gasteiger partial charge in [0.1, 0.15) is 0 Å². The fourth-order valence-electron chi connectivity index (χ4n) is 3.57. The number of hydrogen-bond acceptors (Lipinski definition) is 2. The van der Waals surface area contributed by atoms with Crippen LogP contribution < -0.4 is 11.5 Å². The first-order valence-electron chi connectivity index (χ1n) is 8.83. The average Bonchev–Trinajstić information content (AvgIpc) is 3.12. The fraction of sp³-hybridized carbons (Fsp3) is 0.600. The van der Waals surface area contributed by atoms with Gasteiger partial charge in [0.05, 0.1) is 11.4 Å². The summed E-state index contributed by atoms with van der Waals surface area (Å²) in [5.74, 6) is 4.22. The molecule has 0 heterocycles. The largest absolute Gasteiger partial charge is 2.00 e. The molecule has 0 amide bonds. The van der Waals surface area contributed by atoms with Gasteiger partial charge in [-0.3, -0.25) is 0 Å². The van der Waals surface area contributed by atoms with E-state index in [0.29, 0.717) is 11.4 Å². The van der Waals surface area contributed by atoms with Crippen molar-refractivity contribution in [2.75, 3.05) is 11.5 Å². The third-order valence-electron chi connectivity index (χ3n) is 5.21. The molecule has 0 saturated heterocycles. The number of hydrogen-bond donors (Lipinski definition) is 2. The van der Waals surface area contributed by atoms with Gasteiger partial charge in [-0.1, -0.05) is 38.2 Å². The molecule has 4 N–H and O–H groups in total. The van der Waals surface area contributed by atoms with Crippen LogP contribution in [-0.4, -0.2) is 0 Å². The van der Waals surface area contributed by atoms with Crippen molar-refractivity contribution in [2.45, 2.75) is 71.6 Å². The zero-order chi connectivity index (χ0) is 15.9. The molecule has 3 rings (SSSR count). The van der Waals surface area contributed by atoms with Crippen LogP contribution in [0.15, 0.2) is 18.2 Å². The van der Waals surface area contributed by atoms with Crippen molar-refractivity contribution in [2.24, 2.45) is 5.92 Å². The summed E-state index contributed by atoms with van der Waals surface area (Å²) in [7, 11) is 0. The minimum atomic E-state index is 0. The molecule has 1 atom stereocenters. The van der Waals surface area contributed by atoms with Gasteiger partial charge in [-0.15, -0.1) is 0 Å². The molecular formula is C20H32FeN2. The topological polar surface area (TPSA) is 52.0 Å². The minimum Gasteiger partial charge on any atom is -0.397 e. The number of nitrogen functional groups attached to an aromatic ring is 2. The molecule has 0 aromatic heterocycles. The maximum absolute atomic E-state index is 5.80. The number of benzene rings is 1. The number of nitrogens with two attached hydrogens (primary N) is 2. The van der Waals surface area contributed by atoms with E-state index in [9.17, 15) is 0 Å². The van der Waals surface area contributed by atoms with Crippen molar-refractivity contribution >= 4 is 11.4 Å². The summed E-state index contributed by atoms with van der Waals surface area (Å²) in [6.07, 6.45) is 12.2. The Morgan fingerprint density at radius 1 is 1.00 bits per heavy atom. The monoisotopic (exact) mass is 356 g/mol. The normalized spacial score (nSPS) is 21.6. The molecule has 0 aliphatic heterocycles. The molecule has 23 heavy (non-hydrogen) atoms. The third-order valence-corrected chi connectivity index (χ3v) is 5.21. The van der Waals surface area contributed by atoms with E-state index in [1.165, 1.54) is 56.9 Å². The summed E-state index contributed by atoms with van der Waals surface area (Å²) < 4.78 is 0. The van der Waals surface area contributed by atoms with Crippen LogP contribution in [0.5, 0.6) is 0 Å². The van der Waals surface area contributed by atoms with Crippen molar-refractivity contribution in [1.29, 1.82) is 0 Å². The van der Waals surface area contributed by atoms with Gasteiger partial charge in [-0.25, -0.2) is 0 Å². The molecule has 2 aliphatic rings. The molecule has 1 aromatic carbocycles. The summed E-state index contributed by atoms with van der Waals surface area (Å²) >= 11 is 0. The zero-order valence-corrected chi connectivity index (χ0v) is 15.8. The van der Waals surface area contributed by atoms with E-state index < -0.39 is 0 Å². The van der Waals surface area contributed by atoms with Gasteiger partial charge in [0.2, 0.25) is 0 Å². The van der Waals surface area contributed by atoms with Gasteiger partial charge in [-0.05, 0) is 24.1 Å². The quantitative estimate of drug-likeness (QED) is 0.437. The van der Waals surface area contributed by atoms with Crippen LogP contribution in [0, 0.1) is 17.8 Å². The average molecular weight is 356 g/mol. The molecule has 0 spiro atoms. The Morgan fingerprint density at radius 2 is 1.70 bits per heavy atom. The molecule has 2 fully saturated rings. The zero-order valence-electron chi connectivity index (χ0n) is 14.7. The Bertz CT molecular complexity index is 455. The summed E-state index contributed by atoms with van der Waals surface area (Å²) in [5.41, 5.74) is 14.2. The van der Waals surface area contributed by atoms with E-state index in [2.05, 4.69) is 19.9 Å². The second-order valence-corrected chi connectivity index (χ2v) is 7.10. The summed E-state index contributed by atoms with van der Waals surface area (Å²) in [6.45, 7) is 4.56. The Kier molecular flexibility index (Phi) is 9.09. The van der Waals surface area contributed by atoms with E-state index in [-0.39, 0.29) is 17.1 Å². The molecule has 130 valence electrons. The standard InChI is InChI=1S/C14H21N2.C6H11.Fe/c1-10-3-2-4-12(10)7-5-11-6-8-13(15)14(16)9-11;1-6-4-2-3-5-6;/h6,8-9,12H,2-5,7,15-16H2,1H3;2-5H2,1H3;/q2*-1;+2. The molecule has 1 aromatic rings. The van der Waals surface area contributed by atoms with Crippen molar-refractivity contribution < 1.29 is 17.1 Å². The van der Waals surface area contributed by atoms with Crippen LogP contribution in [0.1, 0.15) is 70.8 Å². The number of aryl methyl sites for hydroxylation is 1. The predicted molar refractivity (Wildman–Crippen MR) is 97.2 cm³/mol. The van der Waals surface area contributed by atoms with Gasteiger partial charge in [0.25, 0.3) is 0 Å². The van der Waals surface area contributed by atoms with Gasteiger partial charge in [0, 0.05) is 0 Å². The van der Waals surface area contributed by atoms with Crippen LogP contribution in [0.2, 0.25) is 0 Å². The first-order valence-corrected chi connectivity index (χ1v) is 8.83. The Labute approximate surface area is 153 Å². The van der Waals surface area contributed by atoms with Gasteiger partial charge in [-0.2, -0.15) is 39.0 Å². The predicted octanol–water partition coefficient (Wildman–Crippen LogP) is 5.33. The molecule has 2 nitrogen and oxygen atoms in total. The van der Waals surface area contributed by atoms with Crippen LogP contribution >= 0.6 is 0 Å². The number of rotatable bonds is 3. The van der Waals surface area contributed by atoms with E-state index in [0.717, 1.165) is 12.3 Å². The van der Waals surface area contributed by atoms with Crippen molar-refractivity contribution in [3.63, 3.8) is 0 Å². The van der Waals surface area contributed by atoms with Gasteiger partial charge < -0.3 is 23.3 Å². The van der Waals surface area contributed by atoms with Crippen LogP contribution in [0.25, 0.3) is 0 Å². The Hall–Kier alpha value is -0.661. The first-order chi connectivity index (χ1) is 10.6. The van der Waals surface area contributed by atoms with E-state index >= 15 is 0 Å². The van der Waals surface area contributed by atoms with Crippen LogP contribution in [0.4, 0.5) is 11.4 Å². The molecule has 0 bridgehead atoms. The summed E-state index contributed by atoms with van der Waals surface area (Å²) in [5, 5.41) is 0. The van der Waals surface area contributed by atoms with E-state index in [1.54, 1.807) is 11.8 Å². The minimum absolute atomic E-state index is 0. The molecule has 2 saturated carbocycles. The molecular weight excluding hydrogens is 324 g/mol. The second kappa shape index (κ2) is 10.3. The van der Waals surface area contributed by atoms with Crippen LogP contribution in [0.3, 0.4) is 0 Å².